The van der Waals surface area contributed by atoms with E-state index in [4.69, 9.17) is 0 Å². The normalized spacial score (nSPS) is 23.5. The van der Waals surface area contributed by atoms with Gasteiger partial charge in [-0.3, -0.25) is 0 Å². The fourth-order valence-electron chi connectivity index (χ4n) is 3.48. The zero-order valence-electron chi connectivity index (χ0n) is 12.5. The van der Waals surface area contributed by atoms with Crippen LogP contribution in [0.1, 0.15) is 65.2 Å². The summed E-state index contributed by atoms with van der Waals surface area (Å²) < 4.78 is 0. The second-order valence-electron chi connectivity index (χ2n) is 6.58. The Morgan fingerprint density at radius 1 is 1.11 bits per heavy atom. The maximum absolute atomic E-state index is 3.81. The topological polar surface area (TPSA) is 15.3 Å². The Morgan fingerprint density at radius 3 is 2.39 bits per heavy atom. The van der Waals surface area contributed by atoms with Crippen molar-refractivity contribution < 1.29 is 0 Å². The standard InChI is InChI=1S/C16H32N2/c1-3-12-18(4-2)14-16(10-6-5-7-11-16)13-17-15-8-9-15/h15,17H,3-14H2,1-2H3. The Hall–Kier alpha value is -0.0800. The summed E-state index contributed by atoms with van der Waals surface area (Å²) in [5, 5.41) is 3.81. The molecule has 2 nitrogen and oxygen atoms in total. The summed E-state index contributed by atoms with van der Waals surface area (Å²) in [5.41, 5.74) is 0.589. The minimum absolute atomic E-state index is 0.589. The summed E-state index contributed by atoms with van der Waals surface area (Å²) in [6.07, 6.45) is 11.4. The third-order valence-electron chi connectivity index (χ3n) is 4.80. The Balaban J connectivity index is 1.88. The molecule has 0 aliphatic heterocycles. The lowest BCUT2D eigenvalue weighted by Gasteiger charge is -2.41. The molecule has 0 spiro atoms. The van der Waals surface area contributed by atoms with Crippen LogP contribution in [0.2, 0.25) is 0 Å². The first-order valence-corrected chi connectivity index (χ1v) is 8.24. The Kier molecular flexibility index (Phi) is 5.50. The van der Waals surface area contributed by atoms with E-state index in [1.807, 2.05) is 0 Å². The van der Waals surface area contributed by atoms with Crippen LogP contribution in [0.5, 0.6) is 0 Å². The highest BCUT2D eigenvalue weighted by Crippen LogP contribution is 2.37. The van der Waals surface area contributed by atoms with E-state index >= 15 is 0 Å². The second-order valence-corrected chi connectivity index (χ2v) is 6.58. The first-order chi connectivity index (χ1) is 8.78. The van der Waals surface area contributed by atoms with Crippen molar-refractivity contribution in [3.63, 3.8) is 0 Å². The van der Waals surface area contributed by atoms with Gasteiger partial charge < -0.3 is 10.2 Å². The summed E-state index contributed by atoms with van der Waals surface area (Å²) in [6.45, 7) is 9.73. The van der Waals surface area contributed by atoms with Crippen LogP contribution in [0.25, 0.3) is 0 Å². The van der Waals surface area contributed by atoms with Crippen LogP contribution in [0.15, 0.2) is 0 Å². The van der Waals surface area contributed by atoms with Crippen molar-refractivity contribution >= 4 is 0 Å². The summed E-state index contributed by atoms with van der Waals surface area (Å²) >= 11 is 0. The lowest BCUT2D eigenvalue weighted by molar-refractivity contribution is 0.105. The average Bonchev–Trinajstić information content (AvgIpc) is 3.21. The summed E-state index contributed by atoms with van der Waals surface area (Å²) in [5.74, 6) is 0. The van der Waals surface area contributed by atoms with E-state index < -0.39 is 0 Å². The molecule has 0 saturated heterocycles. The van der Waals surface area contributed by atoms with Gasteiger partial charge in [0.05, 0.1) is 0 Å². The maximum Gasteiger partial charge on any atom is 0.00684 e. The monoisotopic (exact) mass is 252 g/mol. The molecule has 2 saturated carbocycles. The van der Waals surface area contributed by atoms with Gasteiger partial charge >= 0.3 is 0 Å². The van der Waals surface area contributed by atoms with Gasteiger partial charge in [-0.2, -0.15) is 0 Å². The predicted octanol–water partition coefficient (Wildman–Crippen LogP) is 3.42. The van der Waals surface area contributed by atoms with Gasteiger partial charge in [0.1, 0.15) is 0 Å². The van der Waals surface area contributed by atoms with Gasteiger partial charge in [0.15, 0.2) is 0 Å². The Labute approximate surface area is 114 Å². The molecule has 0 aromatic heterocycles. The van der Waals surface area contributed by atoms with Crippen molar-refractivity contribution in [3.05, 3.63) is 0 Å². The van der Waals surface area contributed by atoms with Crippen LogP contribution in [0.3, 0.4) is 0 Å². The summed E-state index contributed by atoms with van der Waals surface area (Å²) in [4.78, 5) is 2.68. The van der Waals surface area contributed by atoms with Gasteiger partial charge in [-0.1, -0.05) is 33.1 Å². The van der Waals surface area contributed by atoms with Gasteiger partial charge in [0.2, 0.25) is 0 Å². The quantitative estimate of drug-likeness (QED) is 0.712. The third kappa shape index (κ3) is 4.24. The maximum atomic E-state index is 3.81. The molecule has 0 atom stereocenters. The van der Waals surface area contributed by atoms with Crippen molar-refractivity contribution in [2.24, 2.45) is 5.41 Å². The van der Waals surface area contributed by atoms with E-state index in [0.717, 1.165) is 6.04 Å². The van der Waals surface area contributed by atoms with Crippen molar-refractivity contribution in [3.8, 4) is 0 Å². The van der Waals surface area contributed by atoms with Crippen LogP contribution in [0.4, 0.5) is 0 Å². The van der Waals surface area contributed by atoms with Crippen molar-refractivity contribution in [2.75, 3.05) is 26.2 Å². The number of nitrogens with one attached hydrogen (secondary N) is 1. The van der Waals surface area contributed by atoms with E-state index in [1.165, 1.54) is 77.5 Å². The fraction of sp³-hybridized carbons (Fsp3) is 1.00. The number of hydrogen-bond acceptors (Lipinski definition) is 2. The summed E-state index contributed by atoms with van der Waals surface area (Å²) in [6, 6.07) is 0.866. The molecule has 18 heavy (non-hydrogen) atoms. The summed E-state index contributed by atoms with van der Waals surface area (Å²) in [7, 11) is 0. The number of rotatable bonds is 8. The second kappa shape index (κ2) is 6.91. The van der Waals surface area contributed by atoms with Gasteiger partial charge in [-0.25, -0.2) is 0 Å². The minimum atomic E-state index is 0.589. The third-order valence-corrected chi connectivity index (χ3v) is 4.80. The van der Waals surface area contributed by atoms with Crippen LogP contribution < -0.4 is 5.32 Å². The molecule has 2 aliphatic rings. The smallest absolute Gasteiger partial charge is 0.00684 e. The predicted molar refractivity (Wildman–Crippen MR) is 78.9 cm³/mol. The molecular formula is C16H32N2. The Bertz CT molecular complexity index is 229. The van der Waals surface area contributed by atoms with Gasteiger partial charge in [0, 0.05) is 19.1 Å². The van der Waals surface area contributed by atoms with Crippen LogP contribution in [-0.4, -0.2) is 37.1 Å². The molecule has 2 fully saturated rings. The highest BCUT2D eigenvalue weighted by molar-refractivity contribution is 4.91. The first-order valence-electron chi connectivity index (χ1n) is 8.24. The van der Waals surface area contributed by atoms with Gasteiger partial charge in [0.25, 0.3) is 0 Å². The van der Waals surface area contributed by atoms with Crippen molar-refractivity contribution in [1.82, 2.24) is 10.2 Å². The molecule has 106 valence electrons. The van der Waals surface area contributed by atoms with Crippen LogP contribution in [-0.2, 0) is 0 Å². The fourth-order valence-corrected chi connectivity index (χ4v) is 3.48. The molecule has 2 heteroatoms. The molecule has 2 rings (SSSR count). The zero-order valence-corrected chi connectivity index (χ0v) is 12.5. The Morgan fingerprint density at radius 2 is 1.83 bits per heavy atom. The van der Waals surface area contributed by atoms with Crippen molar-refractivity contribution in [2.45, 2.75) is 71.3 Å². The molecule has 0 unspecified atom stereocenters. The average molecular weight is 252 g/mol. The lowest BCUT2D eigenvalue weighted by Crippen LogP contribution is -2.46. The van der Waals surface area contributed by atoms with E-state index in [0.29, 0.717) is 5.41 Å². The molecule has 0 amide bonds. The molecule has 0 aromatic carbocycles. The molecule has 0 aromatic rings. The van der Waals surface area contributed by atoms with Gasteiger partial charge in [-0.05, 0) is 50.6 Å². The van der Waals surface area contributed by atoms with Gasteiger partial charge in [-0.15, -0.1) is 0 Å². The molecule has 0 heterocycles. The van der Waals surface area contributed by atoms with Crippen molar-refractivity contribution in [1.29, 1.82) is 0 Å². The van der Waals surface area contributed by atoms with E-state index in [-0.39, 0.29) is 0 Å². The molecule has 0 radical (unpaired) electrons. The van der Waals surface area contributed by atoms with E-state index in [2.05, 4.69) is 24.1 Å². The highest BCUT2D eigenvalue weighted by atomic mass is 15.1. The molecular weight excluding hydrogens is 220 g/mol. The largest absolute Gasteiger partial charge is 0.313 e. The van der Waals surface area contributed by atoms with Crippen LogP contribution >= 0.6 is 0 Å². The molecule has 2 aliphatic carbocycles. The zero-order chi connectivity index (χ0) is 12.8. The number of hydrogen-bond donors (Lipinski definition) is 1. The van der Waals surface area contributed by atoms with Crippen LogP contribution in [0, 0.1) is 5.41 Å². The first kappa shape index (κ1) is 14.3. The highest BCUT2D eigenvalue weighted by Gasteiger charge is 2.35. The minimum Gasteiger partial charge on any atom is -0.313 e. The van der Waals surface area contributed by atoms with E-state index in [1.54, 1.807) is 0 Å². The molecule has 1 N–H and O–H groups in total. The number of nitrogens with zero attached hydrogens (tertiary/aromatic N) is 1. The SMILES string of the molecule is CCCN(CC)CC1(CNC2CC2)CCCCC1. The molecule has 0 bridgehead atoms. The lowest BCUT2D eigenvalue weighted by atomic mass is 9.73. The van der Waals surface area contributed by atoms with E-state index in [9.17, 15) is 0 Å².